The van der Waals surface area contributed by atoms with Gasteiger partial charge in [-0.25, -0.2) is 0 Å². The SMILES string of the molecule is CC(CCCC(C)C(=O)O)Nc1ccc(Br)cc1[N+](=O)[O-]. The van der Waals surface area contributed by atoms with E-state index in [0.29, 0.717) is 16.6 Å². The van der Waals surface area contributed by atoms with Gasteiger partial charge in [0.15, 0.2) is 0 Å². The summed E-state index contributed by atoms with van der Waals surface area (Å²) in [6.07, 6.45) is 2.11. The van der Waals surface area contributed by atoms with Crippen molar-refractivity contribution in [1.82, 2.24) is 0 Å². The summed E-state index contributed by atoms with van der Waals surface area (Å²) in [6.45, 7) is 3.61. The lowest BCUT2D eigenvalue weighted by molar-refractivity contribution is -0.384. The lowest BCUT2D eigenvalue weighted by Crippen LogP contribution is -2.17. The number of benzene rings is 1. The fraction of sp³-hybridized carbons (Fsp3) is 0.500. The van der Waals surface area contributed by atoms with Crippen LogP contribution in [0.15, 0.2) is 22.7 Å². The first kappa shape index (κ1) is 17.4. The quantitative estimate of drug-likeness (QED) is 0.540. The number of carbonyl (C=O) groups is 1. The molecule has 0 spiro atoms. The van der Waals surface area contributed by atoms with Gasteiger partial charge in [-0.2, -0.15) is 0 Å². The highest BCUT2D eigenvalue weighted by Crippen LogP contribution is 2.29. The molecule has 6 nitrogen and oxygen atoms in total. The molecule has 2 N–H and O–H groups in total. The molecular formula is C14H19BrN2O4. The predicted molar refractivity (Wildman–Crippen MR) is 84.5 cm³/mol. The van der Waals surface area contributed by atoms with E-state index in [1.807, 2.05) is 6.92 Å². The topological polar surface area (TPSA) is 92.5 Å². The van der Waals surface area contributed by atoms with Gasteiger partial charge >= 0.3 is 5.97 Å². The fourth-order valence-electron chi connectivity index (χ4n) is 1.97. The Morgan fingerprint density at radius 3 is 2.67 bits per heavy atom. The van der Waals surface area contributed by atoms with E-state index in [1.165, 1.54) is 6.07 Å². The highest BCUT2D eigenvalue weighted by molar-refractivity contribution is 9.10. The molecule has 0 bridgehead atoms. The molecule has 0 amide bonds. The summed E-state index contributed by atoms with van der Waals surface area (Å²) in [4.78, 5) is 21.3. The van der Waals surface area contributed by atoms with E-state index in [4.69, 9.17) is 5.11 Å². The Labute approximate surface area is 131 Å². The molecule has 21 heavy (non-hydrogen) atoms. The number of hydrogen-bond acceptors (Lipinski definition) is 4. The van der Waals surface area contributed by atoms with Gasteiger partial charge in [-0.1, -0.05) is 29.3 Å². The van der Waals surface area contributed by atoms with Gasteiger partial charge in [-0.15, -0.1) is 0 Å². The Morgan fingerprint density at radius 1 is 1.43 bits per heavy atom. The van der Waals surface area contributed by atoms with Gasteiger partial charge in [0, 0.05) is 16.6 Å². The van der Waals surface area contributed by atoms with Crippen LogP contribution < -0.4 is 5.32 Å². The Kier molecular flexibility index (Phi) is 6.61. The molecule has 0 aliphatic rings. The number of nitro groups is 1. The molecule has 2 atom stereocenters. The maximum Gasteiger partial charge on any atom is 0.306 e. The Bertz CT molecular complexity index is 522. The van der Waals surface area contributed by atoms with E-state index >= 15 is 0 Å². The average molecular weight is 359 g/mol. The van der Waals surface area contributed by atoms with Crippen molar-refractivity contribution in [1.29, 1.82) is 0 Å². The van der Waals surface area contributed by atoms with Crippen LogP contribution in [0, 0.1) is 16.0 Å². The van der Waals surface area contributed by atoms with Crippen LogP contribution in [0.1, 0.15) is 33.1 Å². The molecule has 0 aliphatic heterocycles. The second-order valence-corrected chi connectivity index (χ2v) is 6.05. The number of rotatable bonds is 8. The molecule has 1 rings (SSSR count). The minimum absolute atomic E-state index is 0.0233. The van der Waals surface area contributed by atoms with Gasteiger partial charge in [-0.05, 0) is 31.9 Å². The minimum atomic E-state index is -0.792. The van der Waals surface area contributed by atoms with Crippen molar-refractivity contribution in [2.24, 2.45) is 5.92 Å². The monoisotopic (exact) mass is 358 g/mol. The molecule has 0 fully saturated rings. The van der Waals surface area contributed by atoms with Crippen LogP contribution in [0.2, 0.25) is 0 Å². The molecule has 7 heteroatoms. The highest BCUT2D eigenvalue weighted by atomic mass is 79.9. The van der Waals surface area contributed by atoms with Gasteiger partial charge in [-0.3, -0.25) is 14.9 Å². The average Bonchev–Trinajstić information content (AvgIpc) is 2.40. The van der Waals surface area contributed by atoms with Crippen LogP contribution in [0.4, 0.5) is 11.4 Å². The molecule has 0 saturated heterocycles. The normalized spacial score (nSPS) is 13.5. The van der Waals surface area contributed by atoms with Crippen molar-refractivity contribution in [2.45, 2.75) is 39.2 Å². The maximum absolute atomic E-state index is 11.0. The first-order valence-electron chi connectivity index (χ1n) is 6.74. The number of carboxylic acids is 1. The Morgan fingerprint density at radius 2 is 2.10 bits per heavy atom. The second kappa shape index (κ2) is 7.97. The van der Waals surface area contributed by atoms with Crippen molar-refractivity contribution >= 4 is 33.3 Å². The number of hydrogen-bond donors (Lipinski definition) is 2. The van der Waals surface area contributed by atoms with E-state index in [2.05, 4.69) is 21.2 Å². The molecule has 0 aromatic heterocycles. The highest BCUT2D eigenvalue weighted by Gasteiger charge is 2.16. The number of carboxylic acid groups (broad SMARTS) is 1. The van der Waals surface area contributed by atoms with Crippen LogP contribution in [-0.2, 0) is 4.79 Å². The summed E-state index contributed by atoms with van der Waals surface area (Å²) in [5.41, 5.74) is 0.497. The second-order valence-electron chi connectivity index (χ2n) is 5.13. The van der Waals surface area contributed by atoms with Gasteiger partial charge < -0.3 is 10.4 Å². The van der Waals surface area contributed by atoms with Gasteiger partial charge in [0.2, 0.25) is 0 Å². The number of nitro benzene ring substituents is 1. The zero-order valence-electron chi connectivity index (χ0n) is 12.0. The number of anilines is 1. The molecule has 1 aromatic carbocycles. The van der Waals surface area contributed by atoms with Crippen LogP contribution in [0.5, 0.6) is 0 Å². The van der Waals surface area contributed by atoms with Crippen LogP contribution in [0.25, 0.3) is 0 Å². The molecule has 0 saturated carbocycles. The van der Waals surface area contributed by atoms with Crippen LogP contribution >= 0.6 is 15.9 Å². The maximum atomic E-state index is 11.0. The van der Waals surface area contributed by atoms with Crippen LogP contribution in [0.3, 0.4) is 0 Å². The van der Waals surface area contributed by atoms with Crippen LogP contribution in [-0.4, -0.2) is 22.0 Å². The van der Waals surface area contributed by atoms with Gasteiger partial charge in [0.25, 0.3) is 5.69 Å². The summed E-state index contributed by atoms with van der Waals surface area (Å²) in [5.74, 6) is -1.15. The third-order valence-electron chi connectivity index (χ3n) is 3.25. The molecule has 0 radical (unpaired) electrons. The third-order valence-corrected chi connectivity index (χ3v) is 3.75. The standard InChI is InChI=1S/C14H19BrN2O4/c1-9(14(18)19)4-3-5-10(2)16-12-7-6-11(15)8-13(12)17(20)21/h6-10,16H,3-5H2,1-2H3,(H,18,19). The fourth-order valence-corrected chi connectivity index (χ4v) is 2.32. The molecular weight excluding hydrogens is 340 g/mol. The first-order valence-corrected chi connectivity index (χ1v) is 7.54. The number of nitrogens with zero attached hydrogens (tertiary/aromatic N) is 1. The number of aliphatic carboxylic acids is 1. The smallest absolute Gasteiger partial charge is 0.306 e. The zero-order valence-corrected chi connectivity index (χ0v) is 13.6. The molecule has 116 valence electrons. The number of nitrogens with one attached hydrogen (secondary N) is 1. The largest absolute Gasteiger partial charge is 0.481 e. The summed E-state index contributed by atoms with van der Waals surface area (Å²) in [6, 6.07) is 4.90. The number of halogens is 1. The van der Waals surface area contributed by atoms with Gasteiger partial charge in [0.05, 0.1) is 10.8 Å². The summed E-state index contributed by atoms with van der Waals surface area (Å²) >= 11 is 3.21. The molecule has 1 aromatic rings. The van der Waals surface area contributed by atoms with E-state index in [9.17, 15) is 14.9 Å². The third kappa shape index (κ3) is 5.71. The predicted octanol–water partition coefficient (Wildman–Crippen LogP) is 4.05. The van der Waals surface area contributed by atoms with Crippen molar-refractivity contribution in [3.63, 3.8) is 0 Å². The zero-order chi connectivity index (χ0) is 16.0. The Hall–Kier alpha value is -1.63. The van der Waals surface area contributed by atoms with Crippen molar-refractivity contribution < 1.29 is 14.8 Å². The van der Waals surface area contributed by atoms with Gasteiger partial charge in [0.1, 0.15) is 5.69 Å². The lowest BCUT2D eigenvalue weighted by Gasteiger charge is -2.16. The first-order chi connectivity index (χ1) is 9.81. The van der Waals surface area contributed by atoms with Crippen molar-refractivity contribution in [3.8, 4) is 0 Å². The van der Waals surface area contributed by atoms with Crippen molar-refractivity contribution in [2.75, 3.05) is 5.32 Å². The summed E-state index contributed by atoms with van der Waals surface area (Å²) < 4.78 is 0.655. The Balaban J connectivity index is 2.57. The lowest BCUT2D eigenvalue weighted by atomic mass is 10.0. The summed E-state index contributed by atoms with van der Waals surface area (Å²) in [7, 11) is 0. The molecule has 0 aliphatic carbocycles. The molecule has 0 heterocycles. The van der Waals surface area contributed by atoms with E-state index < -0.39 is 10.9 Å². The summed E-state index contributed by atoms with van der Waals surface area (Å²) in [5, 5.41) is 22.9. The van der Waals surface area contributed by atoms with E-state index in [0.717, 1.165) is 12.8 Å². The van der Waals surface area contributed by atoms with E-state index in [-0.39, 0.29) is 17.6 Å². The van der Waals surface area contributed by atoms with E-state index in [1.54, 1.807) is 19.1 Å². The molecule has 2 unspecified atom stereocenters. The minimum Gasteiger partial charge on any atom is -0.481 e. The van der Waals surface area contributed by atoms with Crippen molar-refractivity contribution in [3.05, 3.63) is 32.8 Å².